The monoisotopic (exact) mass is 695 g/mol. The van der Waals surface area contributed by atoms with Gasteiger partial charge in [0.2, 0.25) is 0 Å². The molecule has 13 heteroatoms. The van der Waals surface area contributed by atoms with Crippen LogP contribution in [0.2, 0.25) is 0 Å². The third kappa shape index (κ3) is 12.1. The molecule has 0 aromatic heterocycles. The molecule has 0 heterocycles. The molecular formula is C34H44F7NO4S. The molecule has 1 N–H and O–H groups in total. The predicted molar refractivity (Wildman–Crippen MR) is 169 cm³/mol. The molecule has 0 aliphatic heterocycles. The van der Waals surface area contributed by atoms with Crippen LogP contribution >= 0.6 is 0 Å². The Balaban J connectivity index is 1.52. The van der Waals surface area contributed by atoms with Crippen molar-refractivity contribution in [3.63, 3.8) is 0 Å². The highest BCUT2D eigenvalue weighted by Gasteiger charge is 2.56. The number of sulfone groups is 1. The van der Waals surface area contributed by atoms with Crippen LogP contribution < -0.4 is 0 Å². The molecule has 0 bridgehead atoms. The Bertz CT molecular complexity index is 1440. The molecule has 0 atom stereocenters. The molecule has 0 saturated carbocycles. The summed E-state index contributed by atoms with van der Waals surface area (Å²) in [5.74, 6) is -7.56. The number of alkyl halides is 5. The molecule has 0 fully saturated rings. The number of allylic oxidation sites excluding steroid dienone is 2. The summed E-state index contributed by atoms with van der Waals surface area (Å²) in [7, 11) is -2.23. The van der Waals surface area contributed by atoms with E-state index in [4.69, 9.17) is 4.74 Å². The number of methoxy groups -OCH3 is 1. The largest absolute Gasteiger partial charge is 0.508 e. The maximum Gasteiger partial charge on any atom is 0.453 e. The van der Waals surface area contributed by atoms with Crippen LogP contribution in [0, 0.1) is 11.6 Å². The average Bonchev–Trinajstić information content (AvgIpc) is 3.16. The zero-order valence-electron chi connectivity index (χ0n) is 26.7. The van der Waals surface area contributed by atoms with E-state index in [-0.39, 0.29) is 17.9 Å². The lowest BCUT2D eigenvalue weighted by atomic mass is 9.89. The van der Waals surface area contributed by atoms with Gasteiger partial charge in [0.15, 0.2) is 11.6 Å². The number of benzene rings is 2. The number of aryl methyl sites for hydroxylation is 1. The van der Waals surface area contributed by atoms with E-state index < -0.39 is 52.2 Å². The second-order valence-electron chi connectivity index (χ2n) is 12.1. The van der Waals surface area contributed by atoms with E-state index in [1.54, 1.807) is 25.3 Å². The highest BCUT2D eigenvalue weighted by molar-refractivity contribution is 7.91. The lowest BCUT2D eigenvalue weighted by Crippen LogP contribution is -2.36. The van der Waals surface area contributed by atoms with Gasteiger partial charge in [-0.25, -0.2) is 17.2 Å². The first-order chi connectivity index (χ1) is 22.1. The minimum absolute atomic E-state index is 0.181. The predicted octanol–water partition coefficient (Wildman–Crippen LogP) is 8.60. The van der Waals surface area contributed by atoms with Crippen LogP contribution in [0.1, 0.15) is 80.9 Å². The number of aromatic hydroxyl groups is 1. The molecule has 264 valence electrons. The topological polar surface area (TPSA) is 66.8 Å². The average molecular weight is 696 g/mol. The van der Waals surface area contributed by atoms with E-state index in [1.165, 1.54) is 6.07 Å². The van der Waals surface area contributed by atoms with Crippen molar-refractivity contribution in [1.29, 1.82) is 0 Å². The lowest BCUT2D eigenvalue weighted by molar-refractivity contribution is -0.284. The number of hydrogen-bond acceptors (Lipinski definition) is 5. The standard InChI is InChI=1S/C34H44F7NO4S/c1-46-20-19-42(18-8-22-47(44,45)21-7-16-33(37,38)34(39,40)41)17-5-3-2-4-10-30-28(26-12-15-31(35)32(36)24-26)11-6-9-25-23-27(43)13-14-29(25)30/h12-15,23-24,43H,2-11,16-22H2,1H3. The number of fused-ring (bicyclic) bond motifs is 1. The van der Waals surface area contributed by atoms with Gasteiger partial charge < -0.3 is 14.7 Å². The summed E-state index contributed by atoms with van der Waals surface area (Å²) < 4.78 is 121. The molecule has 1 aliphatic rings. The fourth-order valence-electron chi connectivity index (χ4n) is 5.95. The number of ether oxygens (including phenoxy) is 1. The molecule has 0 amide bonds. The molecule has 47 heavy (non-hydrogen) atoms. The van der Waals surface area contributed by atoms with Crippen LogP contribution in [0.15, 0.2) is 36.4 Å². The fraction of sp³-hybridized carbons (Fsp3) is 0.588. The van der Waals surface area contributed by atoms with Crippen LogP contribution in [0.4, 0.5) is 30.7 Å². The van der Waals surface area contributed by atoms with Gasteiger partial charge in [0.05, 0.1) is 18.1 Å². The third-order valence-electron chi connectivity index (χ3n) is 8.47. The lowest BCUT2D eigenvalue weighted by Gasteiger charge is -2.22. The summed E-state index contributed by atoms with van der Waals surface area (Å²) in [6, 6.07) is 9.27. The number of unbranched alkanes of at least 4 members (excludes halogenated alkanes) is 3. The quantitative estimate of drug-likeness (QED) is 0.118. The second kappa shape index (κ2) is 17.7. The first-order valence-corrected chi connectivity index (χ1v) is 17.8. The van der Waals surface area contributed by atoms with E-state index in [9.17, 15) is 44.3 Å². The van der Waals surface area contributed by atoms with Gasteiger partial charge in [0.1, 0.15) is 15.6 Å². The summed E-state index contributed by atoms with van der Waals surface area (Å²) in [6.07, 6.45) is -1.41. The van der Waals surface area contributed by atoms with E-state index in [0.717, 1.165) is 66.9 Å². The molecule has 2 aromatic carbocycles. The van der Waals surface area contributed by atoms with Crippen molar-refractivity contribution in [2.45, 2.75) is 82.7 Å². The van der Waals surface area contributed by atoms with E-state index >= 15 is 0 Å². The number of rotatable bonds is 19. The van der Waals surface area contributed by atoms with Gasteiger partial charge in [-0.05, 0) is 117 Å². The van der Waals surface area contributed by atoms with E-state index in [0.29, 0.717) is 44.6 Å². The second-order valence-corrected chi connectivity index (χ2v) is 14.4. The normalized spacial score (nSPS) is 14.5. The van der Waals surface area contributed by atoms with E-state index in [1.807, 2.05) is 6.07 Å². The van der Waals surface area contributed by atoms with Gasteiger partial charge in [0, 0.05) is 20.1 Å². The smallest absolute Gasteiger partial charge is 0.453 e. The zero-order valence-corrected chi connectivity index (χ0v) is 27.5. The number of nitrogens with zero attached hydrogens (tertiary/aromatic N) is 1. The number of phenolic OH excluding ortho intramolecular Hbond substituents is 1. The zero-order chi connectivity index (χ0) is 34.7. The molecule has 2 aromatic rings. The van der Waals surface area contributed by atoms with Crippen LogP contribution in [0.25, 0.3) is 11.1 Å². The summed E-state index contributed by atoms with van der Waals surface area (Å²) in [6.45, 7) is 2.07. The van der Waals surface area contributed by atoms with Crippen LogP contribution in [-0.4, -0.2) is 75.4 Å². The molecule has 0 unspecified atom stereocenters. The molecular weight excluding hydrogens is 651 g/mol. The van der Waals surface area contributed by atoms with Crippen LogP contribution in [0.5, 0.6) is 5.75 Å². The number of halogens is 7. The maximum absolute atomic E-state index is 14.2. The van der Waals surface area contributed by atoms with Crippen molar-refractivity contribution in [2.24, 2.45) is 0 Å². The highest BCUT2D eigenvalue weighted by atomic mass is 32.2. The number of hydrogen-bond donors (Lipinski definition) is 1. The molecule has 3 rings (SSSR count). The summed E-state index contributed by atoms with van der Waals surface area (Å²) >= 11 is 0. The van der Waals surface area contributed by atoms with Crippen LogP contribution in [-0.2, 0) is 21.0 Å². The fourth-order valence-corrected chi connectivity index (χ4v) is 7.31. The molecule has 5 nitrogen and oxygen atoms in total. The minimum atomic E-state index is -5.70. The summed E-state index contributed by atoms with van der Waals surface area (Å²) in [5, 5.41) is 10.1. The Morgan fingerprint density at radius 3 is 2.23 bits per heavy atom. The minimum Gasteiger partial charge on any atom is -0.508 e. The highest BCUT2D eigenvalue weighted by Crippen LogP contribution is 2.40. The van der Waals surface area contributed by atoms with Crippen molar-refractivity contribution in [3.05, 3.63) is 64.7 Å². The van der Waals surface area contributed by atoms with Gasteiger partial charge in [-0.15, -0.1) is 0 Å². The van der Waals surface area contributed by atoms with Crippen molar-refractivity contribution < 1.29 is 49.0 Å². The Kier molecular flexibility index (Phi) is 14.6. The van der Waals surface area contributed by atoms with Crippen molar-refractivity contribution in [1.82, 2.24) is 4.90 Å². The van der Waals surface area contributed by atoms with Crippen molar-refractivity contribution >= 4 is 21.0 Å². The summed E-state index contributed by atoms with van der Waals surface area (Å²) in [4.78, 5) is 2.05. The maximum atomic E-state index is 14.2. The van der Waals surface area contributed by atoms with Gasteiger partial charge >= 0.3 is 12.1 Å². The summed E-state index contributed by atoms with van der Waals surface area (Å²) in [5.41, 5.74) is 4.72. The van der Waals surface area contributed by atoms with Gasteiger partial charge in [-0.2, -0.15) is 22.0 Å². The van der Waals surface area contributed by atoms with Gasteiger partial charge in [0.25, 0.3) is 0 Å². The van der Waals surface area contributed by atoms with Gasteiger partial charge in [-0.3, -0.25) is 0 Å². The van der Waals surface area contributed by atoms with Gasteiger partial charge in [-0.1, -0.05) is 25.0 Å². The Morgan fingerprint density at radius 1 is 0.830 bits per heavy atom. The first-order valence-electron chi connectivity index (χ1n) is 16.0. The third-order valence-corrected chi connectivity index (χ3v) is 10.3. The molecule has 0 saturated heterocycles. The first kappa shape index (κ1) is 38.8. The molecule has 1 aliphatic carbocycles. The Labute approximate surface area is 272 Å². The SMILES string of the molecule is COCCN(CCCCCCC1=C(c2ccc(F)c(F)c2)CCCc2cc(O)ccc21)CCCS(=O)(=O)CCCC(F)(F)C(F)(F)F. The molecule has 0 spiro atoms. The Morgan fingerprint density at radius 2 is 1.53 bits per heavy atom. The molecule has 0 radical (unpaired) electrons. The van der Waals surface area contributed by atoms with Crippen molar-refractivity contribution in [2.75, 3.05) is 44.9 Å². The Hall–Kier alpha value is -2.64. The number of phenols is 1. The van der Waals surface area contributed by atoms with Crippen molar-refractivity contribution in [3.8, 4) is 5.75 Å². The van der Waals surface area contributed by atoms with E-state index in [2.05, 4.69) is 4.90 Å². The van der Waals surface area contributed by atoms with Crippen LogP contribution in [0.3, 0.4) is 0 Å².